The number of nitrogens with two attached hydrogens (primary N) is 1. The zero-order valence-electron chi connectivity index (χ0n) is 12.0. The number of hydrogen-bond donors (Lipinski definition) is 1. The largest absolute Gasteiger partial charge is 0.398 e. The van der Waals surface area contributed by atoms with Gasteiger partial charge in [-0.25, -0.2) is 8.42 Å². The van der Waals surface area contributed by atoms with Gasteiger partial charge >= 0.3 is 0 Å². The van der Waals surface area contributed by atoms with Crippen molar-refractivity contribution in [2.45, 2.75) is 49.5 Å². The lowest BCUT2D eigenvalue weighted by Gasteiger charge is -2.27. The van der Waals surface area contributed by atoms with Gasteiger partial charge in [-0.3, -0.25) is 0 Å². The van der Waals surface area contributed by atoms with E-state index in [4.69, 9.17) is 17.3 Å². The van der Waals surface area contributed by atoms with Gasteiger partial charge in [-0.1, -0.05) is 37.3 Å². The third kappa shape index (κ3) is 3.73. The Morgan fingerprint density at radius 2 is 1.81 bits per heavy atom. The van der Waals surface area contributed by atoms with Gasteiger partial charge in [0, 0.05) is 23.8 Å². The summed E-state index contributed by atoms with van der Waals surface area (Å²) in [6.45, 7) is 0. The van der Waals surface area contributed by atoms with Crippen molar-refractivity contribution in [1.82, 2.24) is 4.31 Å². The molecule has 0 heterocycles. The summed E-state index contributed by atoms with van der Waals surface area (Å²) in [5, 5.41) is 0.323. The van der Waals surface area contributed by atoms with Gasteiger partial charge in [0.25, 0.3) is 0 Å². The average Bonchev–Trinajstić information content (AvgIpc) is 2.70. The van der Waals surface area contributed by atoms with Crippen LogP contribution in [0.1, 0.15) is 38.5 Å². The Labute approximate surface area is 139 Å². The Balaban J connectivity index is 2.37. The molecule has 0 amide bonds. The molecule has 1 aliphatic carbocycles. The second kappa shape index (κ2) is 6.86. The third-order valence-corrected chi connectivity index (χ3v) is 7.33. The molecule has 0 atom stereocenters. The van der Waals surface area contributed by atoms with Gasteiger partial charge in [0.05, 0.1) is 9.37 Å². The number of benzene rings is 1. The van der Waals surface area contributed by atoms with E-state index in [0.29, 0.717) is 15.2 Å². The maximum absolute atomic E-state index is 12.9. The summed E-state index contributed by atoms with van der Waals surface area (Å²) in [6, 6.07) is 3.03. The van der Waals surface area contributed by atoms with Gasteiger partial charge < -0.3 is 5.73 Å². The van der Waals surface area contributed by atoms with E-state index < -0.39 is 10.0 Å². The molecule has 2 rings (SSSR count). The summed E-state index contributed by atoms with van der Waals surface area (Å²) in [5.74, 6) is 0. The minimum absolute atomic E-state index is 0.0459. The number of nitrogen functional groups attached to an aromatic ring is 1. The highest BCUT2D eigenvalue weighted by molar-refractivity contribution is 9.10. The summed E-state index contributed by atoms with van der Waals surface area (Å²) in [5.41, 5.74) is 6.14. The monoisotopic (exact) mass is 394 g/mol. The summed E-state index contributed by atoms with van der Waals surface area (Å²) in [7, 11) is -1.96. The molecular weight excluding hydrogens is 376 g/mol. The molecule has 0 bridgehead atoms. The number of sulfonamides is 1. The molecule has 0 unspecified atom stereocenters. The van der Waals surface area contributed by atoms with Crippen molar-refractivity contribution in [1.29, 1.82) is 0 Å². The molecule has 2 N–H and O–H groups in total. The lowest BCUT2D eigenvalue weighted by Crippen LogP contribution is -2.37. The minimum Gasteiger partial charge on any atom is -0.398 e. The van der Waals surface area contributed by atoms with Crippen LogP contribution in [0, 0.1) is 0 Å². The first-order valence-electron chi connectivity index (χ1n) is 7.06. The summed E-state index contributed by atoms with van der Waals surface area (Å²) < 4.78 is 27.6. The fraction of sp³-hybridized carbons (Fsp3) is 0.571. The van der Waals surface area contributed by atoms with Gasteiger partial charge in [0.1, 0.15) is 0 Å². The molecule has 1 fully saturated rings. The molecule has 0 saturated heterocycles. The first kappa shape index (κ1) is 17.1. The van der Waals surface area contributed by atoms with Crippen LogP contribution >= 0.6 is 27.5 Å². The third-order valence-electron chi connectivity index (χ3n) is 4.03. The van der Waals surface area contributed by atoms with E-state index in [1.165, 1.54) is 29.3 Å². The van der Waals surface area contributed by atoms with Gasteiger partial charge in [-0.15, -0.1) is 0 Å². The van der Waals surface area contributed by atoms with Gasteiger partial charge in [-0.05, 0) is 40.9 Å². The standard InChI is InChI=1S/C14H20BrClN2O2S/c1-18(11-6-4-2-3-5-7-11)21(19,20)13-9-10(16)8-12(17)14(13)15/h8-9,11H,2-7,17H2,1H3. The first-order chi connectivity index (χ1) is 9.84. The summed E-state index contributed by atoms with van der Waals surface area (Å²) >= 11 is 9.23. The zero-order chi connectivity index (χ0) is 15.6. The maximum Gasteiger partial charge on any atom is 0.244 e. The molecule has 4 nitrogen and oxygen atoms in total. The van der Waals surface area contributed by atoms with Crippen LogP contribution in [0.4, 0.5) is 5.69 Å². The van der Waals surface area contributed by atoms with Crippen molar-refractivity contribution < 1.29 is 8.42 Å². The predicted molar refractivity (Wildman–Crippen MR) is 90.0 cm³/mol. The summed E-state index contributed by atoms with van der Waals surface area (Å²) in [6.07, 6.45) is 6.32. The Bertz CT molecular complexity index is 614. The Hall–Kier alpha value is -0.300. The van der Waals surface area contributed by atoms with E-state index in [1.807, 2.05) is 0 Å². The van der Waals surface area contributed by atoms with Crippen molar-refractivity contribution >= 4 is 43.2 Å². The van der Waals surface area contributed by atoms with Gasteiger partial charge in [-0.2, -0.15) is 4.31 Å². The zero-order valence-corrected chi connectivity index (χ0v) is 15.1. The van der Waals surface area contributed by atoms with Crippen molar-refractivity contribution in [2.24, 2.45) is 0 Å². The van der Waals surface area contributed by atoms with E-state index in [1.54, 1.807) is 7.05 Å². The minimum atomic E-state index is -3.61. The number of rotatable bonds is 3. The van der Waals surface area contributed by atoms with E-state index in [2.05, 4.69) is 15.9 Å². The molecule has 7 heteroatoms. The predicted octanol–water partition coefficient (Wildman–Crippen LogP) is 4.03. The van der Waals surface area contributed by atoms with Crippen molar-refractivity contribution in [3.05, 3.63) is 21.6 Å². The fourth-order valence-corrected chi connectivity index (χ4v) is 5.41. The molecule has 0 aliphatic heterocycles. The normalized spacial score (nSPS) is 17.9. The highest BCUT2D eigenvalue weighted by atomic mass is 79.9. The van der Waals surface area contributed by atoms with Crippen LogP contribution in [0.5, 0.6) is 0 Å². The second-order valence-electron chi connectivity index (χ2n) is 5.47. The molecule has 118 valence electrons. The number of anilines is 1. The topological polar surface area (TPSA) is 63.4 Å². The molecule has 1 aromatic carbocycles. The van der Waals surface area contributed by atoms with Crippen LogP contribution in [0.15, 0.2) is 21.5 Å². The number of nitrogens with zero attached hydrogens (tertiary/aromatic N) is 1. The van der Waals surface area contributed by atoms with Crippen LogP contribution in [-0.4, -0.2) is 25.8 Å². The molecule has 21 heavy (non-hydrogen) atoms. The molecule has 1 aliphatic rings. The van der Waals surface area contributed by atoms with Crippen LogP contribution < -0.4 is 5.73 Å². The molecule has 1 aromatic rings. The molecule has 0 radical (unpaired) electrons. The van der Waals surface area contributed by atoms with Crippen molar-refractivity contribution in [2.75, 3.05) is 12.8 Å². The van der Waals surface area contributed by atoms with Gasteiger partial charge in [0.2, 0.25) is 10.0 Å². The molecular formula is C14H20BrClN2O2S. The lowest BCUT2D eigenvalue weighted by atomic mass is 10.1. The second-order valence-corrected chi connectivity index (χ2v) is 8.67. The highest BCUT2D eigenvalue weighted by Crippen LogP contribution is 2.34. The Kier molecular flexibility index (Phi) is 5.57. The van der Waals surface area contributed by atoms with Crippen molar-refractivity contribution in [3.8, 4) is 0 Å². The van der Waals surface area contributed by atoms with E-state index in [9.17, 15) is 8.42 Å². The fourth-order valence-electron chi connectivity index (χ4n) is 2.74. The lowest BCUT2D eigenvalue weighted by molar-refractivity contribution is 0.335. The Morgan fingerprint density at radius 3 is 2.38 bits per heavy atom. The average molecular weight is 396 g/mol. The number of halogens is 2. The Morgan fingerprint density at radius 1 is 1.24 bits per heavy atom. The van der Waals surface area contributed by atoms with Crippen LogP contribution in [0.3, 0.4) is 0 Å². The van der Waals surface area contributed by atoms with Crippen LogP contribution in [-0.2, 0) is 10.0 Å². The van der Waals surface area contributed by atoms with Crippen molar-refractivity contribution in [3.63, 3.8) is 0 Å². The van der Waals surface area contributed by atoms with E-state index in [-0.39, 0.29) is 10.9 Å². The quantitative estimate of drug-likeness (QED) is 0.621. The van der Waals surface area contributed by atoms with Crippen LogP contribution in [0.2, 0.25) is 5.02 Å². The molecule has 0 aromatic heterocycles. The van der Waals surface area contributed by atoms with Crippen LogP contribution in [0.25, 0.3) is 0 Å². The van der Waals surface area contributed by atoms with Gasteiger partial charge in [0.15, 0.2) is 0 Å². The maximum atomic E-state index is 12.9. The molecule has 0 spiro atoms. The SMILES string of the molecule is CN(C1CCCCCC1)S(=O)(=O)c1cc(Cl)cc(N)c1Br. The van der Waals surface area contributed by atoms with E-state index in [0.717, 1.165) is 25.7 Å². The van der Waals surface area contributed by atoms with E-state index >= 15 is 0 Å². The first-order valence-corrected chi connectivity index (χ1v) is 9.67. The highest BCUT2D eigenvalue weighted by Gasteiger charge is 2.30. The molecule has 1 saturated carbocycles. The number of hydrogen-bond acceptors (Lipinski definition) is 3. The summed E-state index contributed by atoms with van der Waals surface area (Å²) in [4.78, 5) is 0.138. The smallest absolute Gasteiger partial charge is 0.244 e.